The van der Waals surface area contributed by atoms with Gasteiger partial charge in [0.05, 0.1) is 5.75 Å². The minimum Gasteiger partial charge on any atom is -0.306 e. The van der Waals surface area contributed by atoms with Gasteiger partial charge in [-0.2, -0.15) is 0 Å². The van der Waals surface area contributed by atoms with E-state index in [9.17, 15) is 13.2 Å². The molecule has 0 amide bonds. The molecule has 0 radical (unpaired) electrons. The maximum Gasteiger partial charge on any atom is 0.288 e. The van der Waals surface area contributed by atoms with Gasteiger partial charge in [0.2, 0.25) is 14.9 Å². The lowest BCUT2D eigenvalue weighted by molar-refractivity contribution is 0.376. The monoisotopic (exact) mass is 278 g/mol. The molecule has 0 saturated carbocycles. The highest BCUT2D eigenvalue weighted by Gasteiger charge is 2.24. The zero-order chi connectivity index (χ0) is 13.3. The molecule has 7 heteroatoms. The second kappa shape index (κ2) is 4.78. The van der Waals surface area contributed by atoms with Crippen LogP contribution in [0.2, 0.25) is 0 Å². The van der Waals surface area contributed by atoms with Crippen LogP contribution < -0.4 is 5.56 Å². The van der Waals surface area contributed by atoms with Gasteiger partial charge < -0.3 is 4.57 Å². The van der Waals surface area contributed by atoms with Crippen molar-refractivity contribution in [1.82, 2.24) is 9.55 Å². The van der Waals surface area contributed by atoms with Gasteiger partial charge in [-0.1, -0.05) is 0 Å². The van der Waals surface area contributed by atoms with Crippen LogP contribution in [0, 0.1) is 0 Å². The molecular formula is C10H15ClN2O3S. The van der Waals surface area contributed by atoms with Crippen molar-refractivity contribution >= 4 is 21.4 Å². The van der Waals surface area contributed by atoms with Crippen molar-refractivity contribution in [2.75, 3.05) is 11.6 Å². The third-order valence-corrected chi connectivity index (χ3v) is 4.20. The Morgan fingerprint density at radius 3 is 2.47 bits per heavy atom. The first-order chi connectivity index (χ1) is 7.70. The predicted molar refractivity (Wildman–Crippen MR) is 66.3 cm³/mol. The molecule has 1 aromatic rings. The van der Waals surface area contributed by atoms with Crippen LogP contribution >= 0.6 is 11.6 Å². The average Bonchev–Trinajstić information content (AvgIpc) is 2.15. The summed E-state index contributed by atoms with van der Waals surface area (Å²) in [6.45, 7) is 5.44. The third-order valence-electron chi connectivity index (χ3n) is 2.17. The van der Waals surface area contributed by atoms with Crippen molar-refractivity contribution in [3.05, 3.63) is 22.7 Å². The zero-order valence-corrected chi connectivity index (χ0v) is 11.5. The van der Waals surface area contributed by atoms with Crippen molar-refractivity contribution in [3.8, 4) is 0 Å². The molecule has 0 spiro atoms. The average molecular weight is 279 g/mol. The van der Waals surface area contributed by atoms with Crippen LogP contribution in [-0.2, 0) is 15.4 Å². The van der Waals surface area contributed by atoms with Gasteiger partial charge in [-0.05, 0) is 20.8 Å². The van der Waals surface area contributed by atoms with Gasteiger partial charge in [0, 0.05) is 23.8 Å². The molecule has 5 nitrogen and oxygen atoms in total. The van der Waals surface area contributed by atoms with Gasteiger partial charge in [-0.25, -0.2) is 13.4 Å². The summed E-state index contributed by atoms with van der Waals surface area (Å²) in [5, 5.41) is -0.435. The number of alkyl halides is 1. The van der Waals surface area contributed by atoms with E-state index in [0.29, 0.717) is 0 Å². The summed E-state index contributed by atoms with van der Waals surface area (Å²) >= 11 is 5.40. The van der Waals surface area contributed by atoms with Crippen LogP contribution in [0.15, 0.2) is 22.2 Å². The molecule has 0 bridgehead atoms. The Balaban J connectivity index is 3.46. The number of rotatable bonds is 3. The van der Waals surface area contributed by atoms with Crippen molar-refractivity contribution in [1.29, 1.82) is 0 Å². The highest BCUT2D eigenvalue weighted by atomic mass is 35.5. The maximum absolute atomic E-state index is 12.0. The normalized spacial score (nSPS) is 12.7. The Morgan fingerprint density at radius 2 is 2.00 bits per heavy atom. The van der Waals surface area contributed by atoms with Crippen LogP contribution in [0.3, 0.4) is 0 Å². The molecule has 0 aromatic carbocycles. The van der Waals surface area contributed by atoms with E-state index in [1.54, 1.807) is 0 Å². The molecule has 0 fully saturated rings. The van der Waals surface area contributed by atoms with Crippen molar-refractivity contribution in [3.63, 3.8) is 0 Å². The molecule has 0 atom stereocenters. The van der Waals surface area contributed by atoms with E-state index >= 15 is 0 Å². The van der Waals surface area contributed by atoms with E-state index in [-0.39, 0.29) is 11.6 Å². The number of hydrogen-bond acceptors (Lipinski definition) is 4. The quantitative estimate of drug-likeness (QED) is 0.774. The molecule has 1 heterocycles. The minimum absolute atomic E-state index is 0.0616. The fourth-order valence-electron chi connectivity index (χ4n) is 1.33. The Kier molecular flexibility index (Phi) is 3.99. The zero-order valence-electron chi connectivity index (χ0n) is 9.97. The summed E-state index contributed by atoms with van der Waals surface area (Å²) in [4.78, 5) is 15.7. The van der Waals surface area contributed by atoms with Gasteiger partial charge >= 0.3 is 0 Å². The highest BCUT2D eigenvalue weighted by molar-refractivity contribution is 7.91. The molecule has 0 aliphatic carbocycles. The Morgan fingerprint density at radius 1 is 1.41 bits per heavy atom. The van der Waals surface area contributed by atoms with Crippen LogP contribution in [0.25, 0.3) is 0 Å². The van der Waals surface area contributed by atoms with Crippen molar-refractivity contribution < 1.29 is 8.42 Å². The number of nitrogens with zero attached hydrogens (tertiary/aromatic N) is 2. The molecule has 96 valence electrons. The SMILES string of the molecule is CC(C)(C)n1ccnc(S(=O)(=O)CCCl)c1=O. The lowest BCUT2D eigenvalue weighted by Crippen LogP contribution is -2.37. The predicted octanol–water partition coefficient (Wildman–Crippen LogP) is 1.01. The summed E-state index contributed by atoms with van der Waals surface area (Å²) < 4.78 is 24.9. The molecule has 0 aliphatic rings. The fraction of sp³-hybridized carbons (Fsp3) is 0.600. The lowest BCUT2D eigenvalue weighted by atomic mass is 10.1. The number of hydrogen-bond donors (Lipinski definition) is 0. The second-order valence-corrected chi connectivity index (χ2v) is 6.99. The van der Waals surface area contributed by atoms with E-state index in [0.717, 1.165) is 0 Å². The first-order valence-electron chi connectivity index (χ1n) is 5.07. The summed E-state index contributed by atoms with van der Waals surface area (Å²) in [5.74, 6) is -0.348. The molecule has 1 aromatic heterocycles. The smallest absolute Gasteiger partial charge is 0.288 e. The largest absolute Gasteiger partial charge is 0.306 e. The molecule has 0 saturated heterocycles. The number of sulfone groups is 1. The Labute approximate surface area is 105 Å². The molecule has 1 rings (SSSR count). The van der Waals surface area contributed by atoms with Crippen molar-refractivity contribution in [2.24, 2.45) is 0 Å². The van der Waals surface area contributed by atoms with Crippen LogP contribution in [0.1, 0.15) is 20.8 Å². The number of halogens is 1. The summed E-state index contributed by atoms with van der Waals surface area (Å²) in [7, 11) is -3.70. The first kappa shape index (κ1) is 14.2. The molecule has 0 unspecified atom stereocenters. The van der Waals surface area contributed by atoms with Gasteiger partial charge in [0.1, 0.15) is 0 Å². The first-order valence-corrected chi connectivity index (χ1v) is 7.25. The maximum atomic E-state index is 12.0. The summed E-state index contributed by atoms with van der Waals surface area (Å²) in [5.41, 5.74) is -1.10. The second-order valence-electron chi connectivity index (χ2n) is 4.59. The topological polar surface area (TPSA) is 69.0 Å². The molecule has 0 aliphatic heterocycles. The van der Waals surface area contributed by atoms with Crippen LogP contribution in [-0.4, -0.2) is 29.6 Å². The van der Waals surface area contributed by atoms with Crippen LogP contribution in [0.4, 0.5) is 0 Å². The van der Waals surface area contributed by atoms with Crippen molar-refractivity contribution in [2.45, 2.75) is 31.3 Å². The van der Waals surface area contributed by atoms with E-state index in [1.165, 1.54) is 17.0 Å². The molecule has 17 heavy (non-hydrogen) atoms. The molecular weight excluding hydrogens is 264 g/mol. The van der Waals surface area contributed by atoms with E-state index in [4.69, 9.17) is 11.6 Å². The van der Waals surface area contributed by atoms with Gasteiger partial charge in [-0.15, -0.1) is 11.6 Å². The Hall–Kier alpha value is -0.880. The van der Waals surface area contributed by atoms with Crippen LogP contribution in [0.5, 0.6) is 0 Å². The van der Waals surface area contributed by atoms with E-state index in [2.05, 4.69) is 4.98 Å². The molecule has 0 N–H and O–H groups in total. The van der Waals surface area contributed by atoms with Gasteiger partial charge in [0.15, 0.2) is 0 Å². The van der Waals surface area contributed by atoms with E-state index in [1.807, 2.05) is 20.8 Å². The minimum atomic E-state index is -3.70. The summed E-state index contributed by atoms with van der Waals surface area (Å²) in [6, 6.07) is 0. The standard InChI is InChI=1S/C10H15ClN2O3S/c1-10(2,3)13-6-5-12-8(9(13)14)17(15,16)7-4-11/h5-6H,4,7H2,1-3H3. The Bertz CT molecular complexity index is 558. The van der Waals surface area contributed by atoms with Gasteiger partial charge in [0.25, 0.3) is 5.56 Å². The third kappa shape index (κ3) is 3.07. The highest BCUT2D eigenvalue weighted by Crippen LogP contribution is 2.11. The summed E-state index contributed by atoms with van der Waals surface area (Å²) in [6.07, 6.45) is 2.79. The fourth-order valence-corrected chi connectivity index (χ4v) is 2.93. The van der Waals surface area contributed by atoms with E-state index < -0.39 is 26.0 Å². The number of aromatic nitrogens is 2. The lowest BCUT2D eigenvalue weighted by Gasteiger charge is -2.22. The van der Waals surface area contributed by atoms with Gasteiger partial charge in [-0.3, -0.25) is 4.79 Å².